The van der Waals surface area contributed by atoms with Crippen molar-refractivity contribution in [2.24, 2.45) is 5.92 Å². The Hall–Kier alpha value is -0.570. The van der Waals surface area contributed by atoms with Gasteiger partial charge in [0, 0.05) is 0 Å². The molecule has 0 aliphatic heterocycles. The number of carboxylic acid groups (broad SMARTS) is 1. The van der Waals surface area contributed by atoms with Gasteiger partial charge in [-0.2, -0.15) is 0 Å². The van der Waals surface area contributed by atoms with Crippen molar-refractivity contribution in [1.82, 2.24) is 0 Å². The Morgan fingerprint density at radius 1 is 0.684 bits per heavy atom. The Morgan fingerprint density at radius 2 is 1.16 bits per heavy atom. The van der Waals surface area contributed by atoms with E-state index in [9.17, 15) is 15.0 Å². The molecular weight excluding hydrogens is 240 g/mol. The van der Waals surface area contributed by atoms with Crippen molar-refractivity contribution in [3.8, 4) is 0 Å². The molecule has 0 heterocycles. The fourth-order valence-electron chi connectivity index (χ4n) is 2.94. The van der Waals surface area contributed by atoms with Gasteiger partial charge in [-0.25, -0.2) is 0 Å². The summed E-state index contributed by atoms with van der Waals surface area (Å²) in [6, 6.07) is 0. The summed E-state index contributed by atoms with van der Waals surface area (Å²) >= 11 is 0. The zero-order valence-electron chi connectivity index (χ0n) is 12.1. The number of hydrogen-bond donors (Lipinski definition) is 2. The largest absolute Gasteiger partial charge is 0.481 e. The molecule has 0 amide bonds. The van der Waals surface area contributed by atoms with Crippen LogP contribution in [0.5, 0.6) is 0 Å². The summed E-state index contributed by atoms with van der Waals surface area (Å²) < 4.78 is 0. The van der Waals surface area contributed by atoms with Crippen molar-refractivity contribution >= 4 is 5.97 Å². The van der Waals surface area contributed by atoms with Crippen molar-refractivity contribution in [2.45, 2.75) is 89.6 Å². The average Bonchev–Trinajstić information content (AvgIpc) is 2.38. The molecule has 0 radical (unpaired) electrons. The van der Waals surface area contributed by atoms with Crippen molar-refractivity contribution in [3.63, 3.8) is 0 Å². The second-order valence-corrected chi connectivity index (χ2v) is 6.03. The Bertz CT molecular complexity index is 240. The lowest BCUT2D eigenvalue weighted by molar-refractivity contribution is -0.142. The zero-order chi connectivity index (χ0) is 13.9. The van der Waals surface area contributed by atoms with E-state index in [1.165, 1.54) is 38.5 Å². The lowest BCUT2D eigenvalue weighted by Gasteiger charge is -2.15. The van der Waals surface area contributed by atoms with Crippen molar-refractivity contribution in [1.29, 1.82) is 0 Å². The molecule has 2 atom stereocenters. The van der Waals surface area contributed by atoms with E-state index in [2.05, 4.69) is 0 Å². The molecule has 1 saturated carbocycles. The SMILES string of the molecule is O=C(O)C1CCCCCCCCCCCC(O)CC1. The van der Waals surface area contributed by atoms with Gasteiger partial charge in [0.25, 0.3) is 0 Å². The first-order valence-corrected chi connectivity index (χ1v) is 8.11. The first-order chi connectivity index (χ1) is 9.20. The predicted molar refractivity (Wildman–Crippen MR) is 77.2 cm³/mol. The van der Waals surface area contributed by atoms with Crippen LogP contribution in [-0.4, -0.2) is 22.3 Å². The number of aliphatic hydroxyl groups is 1. The van der Waals surface area contributed by atoms with Gasteiger partial charge >= 0.3 is 5.97 Å². The third-order valence-corrected chi connectivity index (χ3v) is 4.29. The standard InChI is InChI=1S/C16H30O3/c17-15-11-9-7-5-3-1-2-4-6-8-10-14(12-13-15)16(18)19/h14-15,17H,1-13H2,(H,18,19). The van der Waals surface area contributed by atoms with Crippen LogP contribution in [0.25, 0.3) is 0 Å². The van der Waals surface area contributed by atoms with E-state index in [1.807, 2.05) is 0 Å². The highest BCUT2D eigenvalue weighted by atomic mass is 16.4. The first kappa shape index (κ1) is 16.5. The molecule has 3 heteroatoms. The van der Waals surface area contributed by atoms with E-state index < -0.39 is 5.97 Å². The van der Waals surface area contributed by atoms with Gasteiger partial charge in [0.1, 0.15) is 0 Å². The fraction of sp³-hybridized carbons (Fsp3) is 0.938. The molecule has 19 heavy (non-hydrogen) atoms. The quantitative estimate of drug-likeness (QED) is 0.753. The molecule has 2 unspecified atom stereocenters. The highest BCUT2D eigenvalue weighted by Gasteiger charge is 2.18. The minimum Gasteiger partial charge on any atom is -0.481 e. The maximum Gasteiger partial charge on any atom is 0.306 e. The van der Waals surface area contributed by atoms with Gasteiger partial charge in [-0.3, -0.25) is 4.79 Å². The second kappa shape index (κ2) is 10.2. The molecule has 2 N–H and O–H groups in total. The van der Waals surface area contributed by atoms with Gasteiger partial charge < -0.3 is 10.2 Å². The van der Waals surface area contributed by atoms with E-state index in [0.29, 0.717) is 12.8 Å². The van der Waals surface area contributed by atoms with Crippen LogP contribution < -0.4 is 0 Å². The molecule has 0 aromatic carbocycles. The number of aliphatic hydroxyl groups excluding tert-OH is 1. The fourth-order valence-corrected chi connectivity index (χ4v) is 2.94. The molecule has 3 nitrogen and oxygen atoms in total. The topological polar surface area (TPSA) is 57.5 Å². The summed E-state index contributed by atoms with van der Waals surface area (Å²) in [5, 5.41) is 19.1. The third-order valence-electron chi connectivity index (χ3n) is 4.29. The smallest absolute Gasteiger partial charge is 0.306 e. The van der Waals surface area contributed by atoms with Gasteiger partial charge in [-0.05, 0) is 25.7 Å². The molecule has 0 bridgehead atoms. The monoisotopic (exact) mass is 270 g/mol. The van der Waals surface area contributed by atoms with Crippen LogP contribution in [0, 0.1) is 5.92 Å². The molecule has 0 saturated heterocycles. The third kappa shape index (κ3) is 8.25. The first-order valence-electron chi connectivity index (χ1n) is 8.11. The van der Waals surface area contributed by atoms with Gasteiger partial charge in [0.2, 0.25) is 0 Å². The number of aliphatic carboxylic acids is 1. The van der Waals surface area contributed by atoms with E-state index in [4.69, 9.17) is 0 Å². The Kier molecular flexibility index (Phi) is 8.89. The van der Waals surface area contributed by atoms with Gasteiger partial charge in [0.15, 0.2) is 0 Å². The number of hydrogen-bond acceptors (Lipinski definition) is 2. The second-order valence-electron chi connectivity index (χ2n) is 6.03. The molecule has 112 valence electrons. The summed E-state index contributed by atoms with van der Waals surface area (Å²) in [7, 11) is 0. The van der Waals surface area contributed by atoms with Gasteiger partial charge in [-0.15, -0.1) is 0 Å². The average molecular weight is 270 g/mol. The van der Waals surface area contributed by atoms with Crippen LogP contribution in [0.1, 0.15) is 83.5 Å². The van der Waals surface area contributed by atoms with Crippen molar-refractivity contribution < 1.29 is 15.0 Å². The maximum absolute atomic E-state index is 11.2. The van der Waals surface area contributed by atoms with E-state index in [0.717, 1.165) is 32.1 Å². The molecule has 0 aromatic rings. The highest BCUT2D eigenvalue weighted by Crippen LogP contribution is 2.21. The van der Waals surface area contributed by atoms with Crippen LogP contribution in [0.15, 0.2) is 0 Å². The normalized spacial score (nSPS) is 29.1. The summed E-state index contributed by atoms with van der Waals surface area (Å²) in [4.78, 5) is 11.2. The predicted octanol–water partition coefficient (Wildman–Crippen LogP) is 4.13. The van der Waals surface area contributed by atoms with E-state index in [1.54, 1.807) is 0 Å². The van der Waals surface area contributed by atoms with Crippen molar-refractivity contribution in [2.75, 3.05) is 0 Å². The highest BCUT2D eigenvalue weighted by molar-refractivity contribution is 5.69. The Labute approximate surface area is 117 Å². The van der Waals surface area contributed by atoms with Crippen LogP contribution >= 0.6 is 0 Å². The maximum atomic E-state index is 11.2. The summed E-state index contributed by atoms with van der Waals surface area (Å²) in [5.74, 6) is -0.934. The van der Waals surface area contributed by atoms with E-state index in [-0.39, 0.29) is 12.0 Å². The van der Waals surface area contributed by atoms with Gasteiger partial charge in [-0.1, -0.05) is 57.8 Å². The minimum absolute atomic E-state index is 0.250. The lowest BCUT2D eigenvalue weighted by Crippen LogP contribution is -2.17. The number of carbonyl (C=O) groups is 1. The number of rotatable bonds is 1. The van der Waals surface area contributed by atoms with Crippen molar-refractivity contribution in [3.05, 3.63) is 0 Å². The Morgan fingerprint density at radius 3 is 1.68 bits per heavy atom. The summed E-state index contributed by atoms with van der Waals surface area (Å²) in [6.07, 6.45) is 13.5. The summed E-state index contributed by atoms with van der Waals surface area (Å²) in [5.41, 5.74) is 0. The summed E-state index contributed by atoms with van der Waals surface area (Å²) in [6.45, 7) is 0. The molecule has 1 rings (SSSR count). The number of carboxylic acids is 1. The zero-order valence-corrected chi connectivity index (χ0v) is 12.1. The molecule has 0 aromatic heterocycles. The Balaban J connectivity index is 2.36. The van der Waals surface area contributed by atoms with Gasteiger partial charge in [0.05, 0.1) is 12.0 Å². The van der Waals surface area contributed by atoms with Crippen LogP contribution in [-0.2, 0) is 4.79 Å². The molecule has 1 aliphatic carbocycles. The van der Waals surface area contributed by atoms with Crippen LogP contribution in [0.4, 0.5) is 0 Å². The van der Waals surface area contributed by atoms with Crippen LogP contribution in [0.2, 0.25) is 0 Å². The molecule has 0 spiro atoms. The van der Waals surface area contributed by atoms with Crippen LogP contribution in [0.3, 0.4) is 0 Å². The molecule has 1 aliphatic rings. The molecular formula is C16H30O3. The molecule has 1 fully saturated rings. The van der Waals surface area contributed by atoms with E-state index >= 15 is 0 Å². The minimum atomic E-state index is -0.684. The lowest BCUT2D eigenvalue weighted by atomic mass is 9.93.